The van der Waals surface area contributed by atoms with Crippen molar-refractivity contribution < 1.29 is 18.4 Å². The number of aryl methyl sites for hydroxylation is 1. The smallest absolute Gasteiger partial charge is 0.234 e. The molecule has 2 aliphatic heterocycles. The average molecular weight is 412 g/mol. The summed E-state index contributed by atoms with van der Waals surface area (Å²) >= 11 is 0. The fraction of sp³-hybridized carbons (Fsp3) is 0.417. The molecule has 1 spiro atoms. The molecule has 0 aliphatic carbocycles. The van der Waals surface area contributed by atoms with Gasteiger partial charge >= 0.3 is 0 Å². The highest BCUT2D eigenvalue weighted by Crippen LogP contribution is 2.41. The van der Waals surface area contributed by atoms with Crippen LogP contribution in [0.4, 0.5) is 14.5 Å². The first kappa shape index (κ1) is 20.5. The van der Waals surface area contributed by atoms with E-state index in [4.69, 9.17) is 0 Å². The average Bonchev–Trinajstić information content (AvgIpc) is 2.75. The van der Waals surface area contributed by atoms with E-state index in [2.05, 4.69) is 0 Å². The molecular weight excluding hydrogens is 386 g/mol. The van der Waals surface area contributed by atoms with E-state index in [1.165, 1.54) is 24.3 Å². The molecule has 2 aromatic rings. The number of rotatable bonds is 4. The number of benzene rings is 2. The van der Waals surface area contributed by atoms with E-state index < -0.39 is 5.41 Å². The third-order valence-corrected chi connectivity index (χ3v) is 6.32. The van der Waals surface area contributed by atoms with Gasteiger partial charge in [0.05, 0.1) is 5.41 Å². The van der Waals surface area contributed by atoms with Crippen LogP contribution in [0.5, 0.6) is 0 Å². The van der Waals surface area contributed by atoms with E-state index in [0.717, 1.165) is 31.2 Å². The molecule has 0 aromatic heterocycles. The van der Waals surface area contributed by atoms with Gasteiger partial charge in [0.15, 0.2) is 0 Å². The van der Waals surface area contributed by atoms with Crippen molar-refractivity contribution in [1.82, 2.24) is 4.90 Å². The molecular formula is C24H26F2N2O2. The highest BCUT2D eigenvalue weighted by Gasteiger charge is 2.47. The number of halogens is 2. The highest BCUT2D eigenvalue weighted by molar-refractivity contribution is 5.99. The van der Waals surface area contributed by atoms with Crippen LogP contribution in [0.15, 0.2) is 48.5 Å². The maximum Gasteiger partial charge on any atom is 0.234 e. The minimum Gasteiger partial charge on any atom is -0.342 e. The second-order valence-electron chi connectivity index (χ2n) is 8.37. The Bertz CT molecular complexity index is 927. The van der Waals surface area contributed by atoms with Gasteiger partial charge in [-0.05, 0) is 74.1 Å². The molecule has 6 heteroatoms. The minimum atomic E-state index is -0.570. The number of anilines is 1. The van der Waals surface area contributed by atoms with E-state index in [1.54, 1.807) is 28.0 Å². The van der Waals surface area contributed by atoms with Crippen LogP contribution in [0.3, 0.4) is 0 Å². The molecule has 2 aliphatic rings. The Morgan fingerprint density at radius 1 is 0.967 bits per heavy atom. The first-order valence-electron chi connectivity index (χ1n) is 10.6. The third-order valence-electron chi connectivity index (χ3n) is 6.32. The second-order valence-corrected chi connectivity index (χ2v) is 8.37. The summed E-state index contributed by atoms with van der Waals surface area (Å²) in [5.41, 5.74) is 0.931. The molecule has 2 aromatic carbocycles. The first-order chi connectivity index (χ1) is 14.5. The Kier molecular flexibility index (Phi) is 5.84. The second kappa shape index (κ2) is 8.54. The lowest BCUT2D eigenvalue weighted by Gasteiger charge is -2.47. The molecule has 2 fully saturated rings. The fourth-order valence-electron chi connectivity index (χ4n) is 4.76. The zero-order chi connectivity index (χ0) is 21.1. The molecule has 158 valence electrons. The van der Waals surface area contributed by atoms with Crippen LogP contribution in [-0.2, 0) is 16.0 Å². The summed E-state index contributed by atoms with van der Waals surface area (Å²) in [5, 5.41) is 0. The van der Waals surface area contributed by atoms with E-state index in [0.29, 0.717) is 38.2 Å². The van der Waals surface area contributed by atoms with Crippen LogP contribution in [0.2, 0.25) is 0 Å². The number of carbonyl (C=O) groups excluding carboxylic acids is 2. The summed E-state index contributed by atoms with van der Waals surface area (Å²) in [6.45, 7) is 1.68. The molecule has 4 rings (SSSR count). The Balaban J connectivity index is 1.44. The quantitative estimate of drug-likeness (QED) is 0.750. The number of piperidine rings is 2. The summed E-state index contributed by atoms with van der Waals surface area (Å²) in [5.74, 6) is -0.593. The number of hydrogen-bond acceptors (Lipinski definition) is 2. The van der Waals surface area contributed by atoms with Crippen LogP contribution in [0, 0.1) is 17.0 Å². The Hall–Kier alpha value is -2.76. The monoisotopic (exact) mass is 412 g/mol. The Morgan fingerprint density at radius 2 is 1.70 bits per heavy atom. The van der Waals surface area contributed by atoms with Crippen molar-refractivity contribution in [1.29, 1.82) is 0 Å². The highest BCUT2D eigenvalue weighted by atomic mass is 19.1. The molecule has 1 atom stereocenters. The van der Waals surface area contributed by atoms with Gasteiger partial charge in [0.2, 0.25) is 11.8 Å². The van der Waals surface area contributed by atoms with Gasteiger partial charge in [0.1, 0.15) is 11.6 Å². The Morgan fingerprint density at radius 3 is 2.43 bits per heavy atom. The van der Waals surface area contributed by atoms with Crippen molar-refractivity contribution in [2.24, 2.45) is 5.41 Å². The van der Waals surface area contributed by atoms with E-state index in [9.17, 15) is 18.4 Å². The van der Waals surface area contributed by atoms with E-state index in [-0.39, 0.29) is 23.4 Å². The molecule has 0 saturated carbocycles. The number of likely N-dealkylation sites (tertiary alicyclic amines) is 1. The van der Waals surface area contributed by atoms with Crippen molar-refractivity contribution in [2.75, 3.05) is 24.5 Å². The topological polar surface area (TPSA) is 40.6 Å². The van der Waals surface area contributed by atoms with Gasteiger partial charge in [-0.25, -0.2) is 8.78 Å². The lowest BCUT2D eigenvalue weighted by atomic mass is 9.72. The summed E-state index contributed by atoms with van der Waals surface area (Å²) in [4.78, 5) is 29.8. The molecule has 2 amide bonds. The molecule has 0 N–H and O–H groups in total. The molecule has 1 unspecified atom stereocenters. The van der Waals surface area contributed by atoms with Crippen LogP contribution in [0.1, 0.15) is 37.7 Å². The molecule has 0 radical (unpaired) electrons. The number of hydrogen-bond donors (Lipinski definition) is 0. The molecule has 30 heavy (non-hydrogen) atoms. The maximum atomic E-state index is 13.4. The van der Waals surface area contributed by atoms with Gasteiger partial charge in [-0.2, -0.15) is 0 Å². The summed E-state index contributed by atoms with van der Waals surface area (Å²) < 4.78 is 26.7. The van der Waals surface area contributed by atoms with Gasteiger partial charge in [0, 0.05) is 31.7 Å². The minimum absolute atomic E-state index is 0.00467. The molecule has 2 saturated heterocycles. The zero-order valence-corrected chi connectivity index (χ0v) is 16.9. The van der Waals surface area contributed by atoms with Gasteiger partial charge in [-0.1, -0.05) is 12.1 Å². The van der Waals surface area contributed by atoms with Crippen molar-refractivity contribution in [3.63, 3.8) is 0 Å². The predicted molar refractivity (Wildman–Crippen MR) is 111 cm³/mol. The lowest BCUT2D eigenvalue weighted by Crippen LogP contribution is -2.57. The zero-order valence-electron chi connectivity index (χ0n) is 16.9. The maximum absolute atomic E-state index is 13.4. The molecule has 4 nitrogen and oxygen atoms in total. The van der Waals surface area contributed by atoms with Gasteiger partial charge in [-0.15, -0.1) is 0 Å². The van der Waals surface area contributed by atoms with Crippen LogP contribution >= 0.6 is 0 Å². The van der Waals surface area contributed by atoms with Gasteiger partial charge in [-0.3, -0.25) is 9.59 Å². The molecule has 0 bridgehead atoms. The standard InChI is InChI=1S/C24H26F2N2O2/c25-19-7-9-21(10-8-19)28-15-3-13-24(23(28)30)12-2-14-27(17-24)22(29)11-6-18-4-1-5-20(26)16-18/h1,4-5,7-10,16H,2-3,6,11-15,17H2. The number of nitrogens with zero attached hydrogens (tertiary/aromatic N) is 2. The fourth-order valence-corrected chi connectivity index (χ4v) is 4.76. The Labute approximate surface area is 175 Å². The lowest BCUT2D eigenvalue weighted by molar-refractivity contribution is -0.141. The first-order valence-corrected chi connectivity index (χ1v) is 10.6. The summed E-state index contributed by atoms with van der Waals surface area (Å²) in [7, 11) is 0. The van der Waals surface area contributed by atoms with Gasteiger partial charge in [0.25, 0.3) is 0 Å². The largest absolute Gasteiger partial charge is 0.342 e. The summed E-state index contributed by atoms with van der Waals surface area (Å²) in [6.07, 6.45) is 3.95. The van der Waals surface area contributed by atoms with Crippen LogP contribution < -0.4 is 4.90 Å². The van der Waals surface area contributed by atoms with E-state index >= 15 is 0 Å². The van der Waals surface area contributed by atoms with Crippen molar-refractivity contribution in [3.8, 4) is 0 Å². The normalized spacial score (nSPS) is 21.9. The van der Waals surface area contributed by atoms with Crippen molar-refractivity contribution >= 4 is 17.5 Å². The van der Waals surface area contributed by atoms with Gasteiger partial charge < -0.3 is 9.80 Å². The number of amides is 2. The van der Waals surface area contributed by atoms with Crippen LogP contribution in [0.25, 0.3) is 0 Å². The van der Waals surface area contributed by atoms with Crippen molar-refractivity contribution in [2.45, 2.75) is 38.5 Å². The SMILES string of the molecule is O=C(CCc1cccc(F)c1)N1CCCC2(CCCN(c3ccc(F)cc3)C2=O)C1. The van der Waals surface area contributed by atoms with Crippen molar-refractivity contribution in [3.05, 3.63) is 65.7 Å². The molecule has 2 heterocycles. The third kappa shape index (κ3) is 4.23. The van der Waals surface area contributed by atoms with E-state index in [1.807, 2.05) is 6.07 Å². The van der Waals surface area contributed by atoms with Crippen LogP contribution in [-0.4, -0.2) is 36.3 Å². The summed E-state index contributed by atoms with van der Waals surface area (Å²) in [6, 6.07) is 12.3. The number of carbonyl (C=O) groups is 2. The predicted octanol–water partition coefficient (Wildman–Crippen LogP) is 4.33.